The molecule has 1 aromatic rings. The monoisotopic (exact) mass is 331 g/mol. The van der Waals surface area contributed by atoms with Crippen LogP contribution in [0.1, 0.15) is 41.2 Å². The van der Waals surface area contributed by atoms with E-state index >= 15 is 0 Å². The van der Waals surface area contributed by atoms with E-state index in [4.69, 9.17) is 0 Å². The first-order chi connectivity index (χ1) is 11.6. The molecule has 2 aliphatic heterocycles. The van der Waals surface area contributed by atoms with Gasteiger partial charge >= 0.3 is 0 Å². The molecule has 3 fully saturated rings. The molecule has 1 saturated carbocycles. The molecule has 0 spiro atoms. The number of carbonyl (C=O) groups excluding carboxylic acids is 3. The van der Waals surface area contributed by atoms with Crippen molar-refractivity contribution in [1.82, 2.24) is 25.3 Å². The zero-order valence-corrected chi connectivity index (χ0v) is 13.6. The van der Waals surface area contributed by atoms with E-state index in [9.17, 15) is 14.4 Å². The molecular formula is C16H21N5O3. The second-order valence-electron chi connectivity index (χ2n) is 6.90. The largest absolute Gasteiger partial charge is 0.359 e. The van der Waals surface area contributed by atoms with Gasteiger partial charge in [0.1, 0.15) is 0 Å². The van der Waals surface area contributed by atoms with E-state index in [0.29, 0.717) is 31.1 Å². The Morgan fingerprint density at radius 1 is 1.29 bits per heavy atom. The summed E-state index contributed by atoms with van der Waals surface area (Å²) in [6.45, 7) is 1.50. The summed E-state index contributed by atoms with van der Waals surface area (Å²) in [4.78, 5) is 39.9. The Morgan fingerprint density at radius 2 is 2.04 bits per heavy atom. The highest BCUT2D eigenvalue weighted by Gasteiger charge is 2.44. The third kappa shape index (κ3) is 2.46. The summed E-state index contributed by atoms with van der Waals surface area (Å²) in [7, 11) is 1.58. The molecule has 3 amide bonds. The number of amides is 3. The highest BCUT2D eigenvalue weighted by molar-refractivity contribution is 5.96. The van der Waals surface area contributed by atoms with Crippen LogP contribution in [0.3, 0.4) is 0 Å². The molecule has 8 nitrogen and oxygen atoms in total. The second-order valence-corrected chi connectivity index (χ2v) is 6.90. The van der Waals surface area contributed by atoms with Crippen molar-refractivity contribution in [3.63, 3.8) is 0 Å². The van der Waals surface area contributed by atoms with Crippen molar-refractivity contribution in [2.75, 3.05) is 26.7 Å². The number of aromatic amines is 1. The van der Waals surface area contributed by atoms with Gasteiger partial charge in [0.15, 0.2) is 0 Å². The van der Waals surface area contributed by atoms with E-state index in [1.165, 1.54) is 0 Å². The number of nitrogens with zero attached hydrogens (tertiary/aromatic N) is 3. The van der Waals surface area contributed by atoms with Crippen LogP contribution in [0.25, 0.3) is 0 Å². The maximum absolute atomic E-state index is 12.6. The van der Waals surface area contributed by atoms with Gasteiger partial charge in [-0.05, 0) is 12.8 Å². The van der Waals surface area contributed by atoms with Crippen molar-refractivity contribution in [3.8, 4) is 0 Å². The molecule has 0 bridgehead atoms. The molecule has 4 rings (SSSR count). The summed E-state index contributed by atoms with van der Waals surface area (Å²) >= 11 is 0. The maximum atomic E-state index is 12.6. The molecule has 8 heteroatoms. The lowest BCUT2D eigenvalue weighted by atomic mass is 10.0. The molecule has 1 aromatic heterocycles. The number of likely N-dealkylation sites (tertiary alicyclic amines) is 2. The molecule has 1 aliphatic carbocycles. The number of aromatic nitrogens is 2. The average molecular weight is 331 g/mol. The Hall–Kier alpha value is -2.38. The molecule has 2 saturated heterocycles. The average Bonchev–Trinajstić information content (AvgIpc) is 3.13. The molecule has 2 N–H and O–H groups in total. The predicted molar refractivity (Wildman–Crippen MR) is 84.1 cm³/mol. The number of carbonyl (C=O) groups is 3. The van der Waals surface area contributed by atoms with E-state index < -0.39 is 0 Å². The van der Waals surface area contributed by atoms with Gasteiger partial charge in [0.25, 0.3) is 5.91 Å². The van der Waals surface area contributed by atoms with Crippen LogP contribution >= 0.6 is 0 Å². The van der Waals surface area contributed by atoms with E-state index in [1.54, 1.807) is 23.0 Å². The molecule has 1 atom stereocenters. The van der Waals surface area contributed by atoms with Crippen molar-refractivity contribution in [2.24, 2.45) is 5.92 Å². The number of H-pyrrole nitrogens is 1. The first kappa shape index (κ1) is 15.2. The molecule has 1 unspecified atom stereocenters. The topological polar surface area (TPSA) is 98.4 Å². The SMILES string of the molecule is CNC(=O)C1CC(=O)N(C2CN(C(=O)c3cn[nH]c3C3CC3)C2)C1. The highest BCUT2D eigenvalue weighted by Crippen LogP contribution is 2.41. The number of nitrogens with one attached hydrogen (secondary N) is 2. The molecule has 128 valence electrons. The summed E-state index contributed by atoms with van der Waals surface area (Å²) in [5, 5.41) is 9.55. The summed E-state index contributed by atoms with van der Waals surface area (Å²) in [5.74, 6) is 0.0595. The third-order valence-electron chi connectivity index (χ3n) is 5.25. The first-order valence-electron chi connectivity index (χ1n) is 8.42. The lowest BCUT2D eigenvalue weighted by molar-refractivity contribution is -0.132. The van der Waals surface area contributed by atoms with Crippen LogP contribution in [0.2, 0.25) is 0 Å². The lowest BCUT2D eigenvalue weighted by Crippen LogP contribution is -2.61. The standard InChI is InChI=1S/C16H21N5O3/c1-17-15(23)10-4-13(22)21(6-10)11-7-20(8-11)16(24)12-5-18-19-14(12)9-2-3-9/h5,9-11H,2-4,6-8H2,1H3,(H,17,23)(H,18,19). The summed E-state index contributed by atoms with van der Waals surface area (Å²) in [6, 6.07) is 0.0207. The van der Waals surface area contributed by atoms with Crippen molar-refractivity contribution >= 4 is 17.7 Å². The smallest absolute Gasteiger partial charge is 0.257 e. The van der Waals surface area contributed by atoms with Crippen molar-refractivity contribution in [3.05, 3.63) is 17.5 Å². The fourth-order valence-corrected chi connectivity index (χ4v) is 3.60. The molecule has 24 heavy (non-hydrogen) atoms. The van der Waals surface area contributed by atoms with Crippen LogP contribution < -0.4 is 5.32 Å². The number of rotatable bonds is 4. The molecule has 0 aromatic carbocycles. The first-order valence-corrected chi connectivity index (χ1v) is 8.42. The Balaban J connectivity index is 1.36. The van der Waals surface area contributed by atoms with E-state index in [2.05, 4.69) is 15.5 Å². The molecule has 0 radical (unpaired) electrons. The van der Waals surface area contributed by atoms with Crippen molar-refractivity contribution in [2.45, 2.75) is 31.2 Å². The van der Waals surface area contributed by atoms with Gasteiger partial charge in [-0.1, -0.05) is 0 Å². The Labute approximate surface area is 139 Å². The van der Waals surface area contributed by atoms with Gasteiger partial charge in [-0.25, -0.2) is 0 Å². The third-order valence-corrected chi connectivity index (χ3v) is 5.25. The quantitative estimate of drug-likeness (QED) is 0.792. The van der Waals surface area contributed by atoms with Gasteiger partial charge in [-0.15, -0.1) is 0 Å². The zero-order valence-electron chi connectivity index (χ0n) is 13.6. The minimum Gasteiger partial charge on any atom is -0.359 e. The van der Waals surface area contributed by atoms with E-state index in [0.717, 1.165) is 18.5 Å². The summed E-state index contributed by atoms with van der Waals surface area (Å²) in [6.07, 6.45) is 4.08. The minimum absolute atomic E-state index is 0.00248. The summed E-state index contributed by atoms with van der Waals surface area (Å²) < 4.78 is 0. The Morgan fingerprint density at radius 3 is 2.71 bits per heavy atom. The lowest BCUT2D eigenvalue weighted by Gasteiger charge is -2.44. The fraction of sp³-hybridized carbons (Fsp3) is 0.625. The van der Waals surface area contributed by atoms with Crippen molar-refractivity contribution < 1.29 is 14.4 Å². The van der Waals surface area contributed by atoms with Crippen LogP contribution in [0.5, 0.6) is 0 Å². The van der Waals surface area contributed by atoms with E-state index in [1.807, 2.05) is 0 Å². The number of hydrogen-bond donors (Lipinski definition) is 2. The fourth-order valence-electron chi connectivity index (χ4n) is 3.60. The van der Waals surface area contributed by atoms with Crippen LogP contribution in [-0.2, 0) is 9.59 Å². The van der Waals surface area contributed by atoms with Gasteiger partial charge in [-0.2, -0.15) is 5.10 Å². The van der Waals surface area contributed by atoms with Gasteiger partial charge in [0.05, 0.1) is 29.4 Å². The van der Waals surface area contributed by atoms with Crippen LogP contribution in [0, 0.1) is 5.92 Å². The van der Waals surface area contributed by atoms with Gasteiger partial charge in [0.2, 0.25) is 11.8 Å². The maximum Gasteiger partial charge on any atom is 0.257 e. The van der Waals surface area contributed by atoms with Gasteiger partial charge in [0, 0.05) is 39.0 Å². The highest BCUT2D eigenvalue weighted by atomic mass is 16.2. The Bertz CT molecular complexity index is 690. The van der Waals surface area contributed by atoms with Crippen LogP contribution in [-0.4, -0.2) is 70.4 Å². The predicted octanol–water partition coefficient (Wildman–Crippen LogP) is -0.294. The minimum atomic E-state index is -0.275. The normalized spacial score (nSPS) is 24.2. The second kappa shape index (κ2) is 5.61. The van der Waals surface area contributed by atoms with E-state index in [-0.39, 0.29) is 36.1 Å². The zero-order chi connectivity index (χ0) is 16.8. The molecule has 3 aliphatic rings. The van der Waals surface area contributed by atoms with Crippen LogP contribution in [0.4, 0.5) is 0 Å². The molecular weight excluding hydrogens is 310 g/mol. The summed E-state index contributed by atoms with van der Waals surface area (Å²) in [5.41, 5.74) is 1.60. The van der Waals surface area contributed by atoms with Crippen LogP contribution in [0.15, 0.2) is 6.20 Å². The number of hydrogen-bond acceptors (Lipinski definition) is 4. The molecule has 3 heterocycles. The van der Waals surface area contributed by atoms with Gasteiger partial charge in [-0.3, -0.25) is 19.5 Å². The Kier molecular flexibility index (Phi) is 3.54. The van der Waals surface area contributed by atoms with Crippen molar-refractivity contribution in [1.29, 1.82) is 0 Å². The van der Waals surface area contributed by atoms with Gasteiger partial charge < -0.3 is 15.1 Å².